The van der Waals surface area contributed by atoms with E-state index in [1.54, 1.807) is 10.9 Å². The molecule has 1 saturated heterocycles. The lowest BCUT2D eigenvalue weighted by molar-refractivity contribution is -0.252. The van der Waals surface area contributed by atoms with Gasteiger partial charge in [-0.2, -0.15) is 0 Å². The van der Waals surface area contributed by atoms with Crippen LogP contribution >= 0.6 is 23.2 Å². The van der Waals surface area contributed by atoms with Crippen LogP contribution in [0.4, 0.5) is 0 Å². The van der Waals surface area contributed by atoms with Gasteiger partial charge in [0.2, 0.25) is 5.91 Å². The summed E-state index contributed by atoms with van der Waals surface area (Å²) >= 11 is 12.5. The number of halogens is 2. The second kappa shape index (κ2) is 16.9. The Balaban J connectivity index is 1.25. The van der Waals surface area contributed by atoms with E-state index in [1.165, 1.54) is 0 Å². The molecule has 1 amide bonds. The number of ether oxygens (including phenoxy) is 2. The average molecular weight is 681 g/mol. The number of hydrogen-bond acceptors (Lipinski definition) is 6. The van der Waals surface area contributed by atoms with E-state index >= 15 is 0 Å². The van der Waals surface area contributed by atoms with E-state index in [1.807, 2.05) is 72.8 Å². The molecule has 1 aliphatic heterocycles. The minimum absolute atomic E-state index is 0.0191. The zero-order valence-electron chi connectivity index (χ0n) is 26.0. The van der Waals surface area contributed by atoms with Gasteiger partial charge in [0.15, 0.2) is 11.4 Å². The van der Waals surface area contributed by atoms with Crippen LogP contribution in [0.2, 0.25) is 10.3 Å². The second-order valence-electron chi connectivity index (χ2n) is 11.7. The summed E-state index contributed by atoms with van der Waals surface area (Å²) in [6.07, 6.45) is 4.65. The highest BCUT2D eigenvalue weighted by molar-refractivity contribution is 6.40. The van der Waals surface area contributed by atoms with Gasteiger partial charge in [-0.1, -0.05) is 109 Å². The van der Waals surface area contributed by atoms with Gasteiger partial charge in [0.1, 0.15) is 5.15 Å². The molecule has 5 rings (SSSR count). The zero-order chi connectivity index (χ0) is 33.2. The SMILES string of the molecule is O=C(O)CCCCCCC(=O)NCc1ccccc1-c1ccc([C@H]2O[C@@H](Cn3cnc(Cl)c3Cl)C[C@@H](c3ccc(CO)cc3)O2)cc1. The number of carbonyl (C=O) groups excluding carboxylic acids is 1. The standard InChI is InChI=1S/C36H39Cl2N3O6/c37-34-35(38)41(23-40-34)21-29-19-31(26-13-11-24(22-42)12-14-26)47-36(46-29)27-17-15-25(16-18-27)30-8-6-5-7-28(30)20-39-32(43)9-3-1-2-4-10-33(44)45/h5-8,11-18,23,29,31,36,42H,1-4,9-10,19-22H2,(H,39,43)(H,44,45)/t29-,31+,36+/m1/s1. The molecule has 248 valence electrons. The summed E-state index contributed by atoms with van der Waals surface area (Å²) in [4.78, 5) is 27.2. The topological polar surface area (TPSA) is 123 Å². The van der Waals surface area contributed by atoms with Crippen molar-refractivity contribution in [2.45, 2.75) is 83.1 Å². The molecule has 9 nitrogen and oxygen atoms in total. The van der Waals surface area contributed by atoms with Crippen molar-refractivity contribution < 1.29 is 29.3 Å². The first-order valence-corrected chi connectivity index (χ1v) is 16.6. The van der Waals surface area contributed by atoms with Crippen LogP contribution in [-0.2, 0) is 38.8 Å². The second-order valence-corrected chi connectivity index (χ2v) is 12.4. The third-order valence-electron chi connectivity index (χ3n) is 8.28. The fourth-order valence-electron chi connectivity index (χ4n) is 5.70. The first kappa shape index (κ1) is 34.6. The number of imidazole rings is 1. The Kier molecular flexibility index (Phi) is 12.4. The maximum Gasteiger partial charge on any atom is 0.303 e. The van der Waals surface area contributed by atoms with Gasteiger partial charge in [0.25, 0.3) is 0 Å². The summed E-state index contributed by atoms with van der Waals surface area (Å²) in [6.45, 7) is 0.828. The number of aromatic nitrogens is 2. The van der Waals surface area contributed by atoms with Gasteiger partial charge in [-0.25, -0.2) is 4.98 Å². The number of carboxylic acid groups (broad SMARTS) is 1. The van der Waals surface area contributed by atoms with Crippen molar-refractivity contribution in [1.82, 2.24) is 14.9 Å². The Bertz CT molecular complexity index is 1630. The van der Waals surface area contributed by atoms with Crippen molar-refractivity contribution in [3.05, 3.63) is 112 Å². The van der Waals surface area contributed by atoms with E-state index in [9.17, 15) is 14.7 Å². The maximum absolute atomic E-state index is 12.5. The number of carbonyl (C=O) groups is 2. The van der Waals surface area contributed by atoms with Crippen molar-refractivity contribution in [3.8, 4) is 11.1 Å². The van der Waals surface area contributed by atoms with Crippen LogP contribution in [0.5, 0.6) is 0 Å². The molecule has 2 heterocycles. The quantitative estimate of drug-likeness (QED) is 0.110. The maximum atomic E-state index is 12.5. The molecule has 3 atom stereocenters. The summed E-state index contributed by atoms with van der Waals surface area (Å²) in [7, 11) is 0. The largest absolute Gasteiger partial charge is 0.481 e. The van der Waals surface area contributed by atoms with Crippen LogP contribution in [-0.4, -0.2) is 37.7 Å². The Morgan fingerprint density at radius 1 is 0.894 bits per heavy atom. The van der Waals surface area contributed by atoms with Crippen LogP contribution < -0.4 is 5.32 Å². The van der Waals surface area contributed by atoms with Crippen molar-refractivity contribution >= 4 is 35.1 Å². The molecule has 0 radical (unpaired) electrons. The van der Waals surface area contributed by atoms with E-state index in [0.29, 0.717) is 37.5 Å². The van der Waals surface area contributed by atoms with Gasteiger partial charge in [0, 0.05) is 31.4 Å². The molecule has 4 aromatic rings. The van der Waals surface area contributed by atoms with Crippen molar-refractivity contribution in [2.24, 2.45) is 0 Å². The lowest BCUT2D eigenvalue weighted by atomic mass is 9.97. The molecule has 0 spiro atoms. The van der Waals surface area contributed by atoms with Gasteiger partial charge in [-0.15, -0.1) is 0 Å². The number of aliphatic carboxylic acids is 1. The van der Waals surface area contributed by atoms with Gasteiger partial charge >= 0.3 is 5.97 Å². The summed E-state index contributed by atoms with van der Waals surface area (Å²) < 4.78 is 14.7. The minimum atomic E-state index is -0.783. The van der Waals surface area contributed by atoms with Crippen LogP contribution in [0, 0.1) is 0 Å². The summed E-state index contributed by atoms with van der Waals surface area (Å²) in [5.74, 6) is -0.802. The number of carboxylic acids is 1. The predicted octanol–water partition coefficient (Wildman–Crippen LogP) is 7.64. The van der Waals surface area contributed by atoms with Gasteiger partial charge in [-0.05, 0) is 40.7 Å². The zero-order valence-corrected chi connectivity index (χ0v) is 27.5. The van der Waals surface area contributed by atoms with Crippen molar-refractivity contribution in [2.75, 3.05) is 0 Å². The number of aliphatic hydroxyl groups excluding tert-OH is 1. The molecule has 3 aromatic carbocycles. The molecule has 0 bridgehead atoms. The third kappa shape index (κ3) is 9.65. The fourth-order valence-corrected chi connectivity index (χ4v) is 6.01. The Labute approximate surface area is 284 Å². The van der Waals surface area contributed by atoms with Gasteiger partial charge in [0.05, 0.1) is 31.7 Å². The highest BCUT2D eigenvalue weighted by Crippen LogP contribution is 2.39. The first-order valence-electron chi connectivity index (χ1n) is 15.8. The molecule has 0 saturated carbocycles. The molecule has 1 aromatic heterocycles. The van der Waals surface area contributed by atoms with Crippen LogP contribution in [0.25, 0.3) is 11.1 Å². The summed E-state index contributed by atoms with van der Waals surface area (Å²) in [5, 5.41) is 21.9. The lowest BCUT2D eigenvalue weighted by Gasteiger charge is -2.36. The predicted molar refractivity (Wildman–Crippen MR) is 180 cm³/mol. The summed E-state index contributed by atoms with van der Waals surface area (Å²) in [6, 6.07) is 23.8. The minimum Gasteiger partial charge on any atom is -0.481 e. The van der Waals surface area contributed by atoms with Crippen molar-refractivity contribution in [1.29, 1.82) is 0 Å². The van der Waals surface area contributed by atoms with Crippen LogP contribution in [0.3, 0.4) is 0 Å². The molecule has 1 aliphatic rings. The van der Waals surface area contributed by atoms with Crippen molar-refractivity contribution in [3.63, 3.8) is 0 Å². The Morgan fingerprint density at radius 2 is 1.60 bits per heavy atom. The van der Waals surface area contributed by atoms with Crippen LogP contribution in [0.1, 0.15) is 79.6 Å². The Morgan fingerprint density at radius 3 is 2.28 bits per heavy atom. The normalized spacial score (nSPS) is 17.8. The average Bonchev–Trinajstić information content (AvgIpc) is 3.41. The number of amides is 1. The molecule has 1 fully saturated rings. The number of hydrogen-bond donors (Lipinski definition) is 3. The smallest absolute Gasteiger partial charge is 0.303 e. The highest BCUT2D eigenvalue weighted by atomic mass is 35.5. The van der Waals surface area contributed by atoms with E-state index < -0.39 is 12.3 Å². The van der Waals surface area contributed by atoms with Gasteiger partial charge in [-0.3, -0.25) is 9.59 Å². The number of rotatable bonds is 15. The third-order valence-corrected chi connectivity index (χ3v) is 9.05. The number of nitrogens with one attached hydrogen (secondary N) is 1. The summed E-state index contributed by atoms with van der Waals surface area (Å²) in [5.41, 5.74) is 5.70. The molecule has 0 aliphatic carbocycles. The molecule has 11 heteroatoms. The number of unbranched alkanes of at least 4 members (excludes halogenated alkanes) is 3. The molecule has 0 unspecified atom stereocenters. The first-order chi connectivity index (χ1) is 22.8. The molecule has 47 heavy (non-hydrogen) atoms. The number of nitrogens with zero attached hydrogens (tertiary/aromatic N) is 2. The fraction of sp³-hybridized carbons (Fsp3) is 0.361. The molecule has 3 N–H and O–H groups in total. The monoisotopic (exact) mass is 679 g/mol. The Hall–Kier alpha value is -3.73. The van der Waals surface area contributed by atoms with E-state index in [2.05, 4.69) is 10.3 Å². The van der Waals surface area contributed by atoms with E-state index in [4.69, 9.17) is 37.8 Å². The van der Waals surface area contributed by atoms with Gasteiger partial charge < -0.3 is 29.6 Å². The molecular formula is C36H39Cl2N3O6. The number of benzene rings is 3. The highest BCUT2D eigenvalue weighted by Gasteiger charge is 2.33. The van der Waals surface area contributed by atoms with Crippen LogP contribution in [0.15, 0.2) is 79.1 Å². The number of aliphatic hydroxyl groups is 1. The van der Waals surface area contributed by atoms with E-state index in [-0.39, 0.29) is 36.3 Å². The molecular weight excluding hydrogens is 641 g/mol. The lowest BCUT2D eigenvalue weighted by Crippen LogP contribution is -2.32. The van der Waals surface area contributed by atoms with E-state index in [0.717, 1.165) is 52.6 Å².